The van der Waals surface area contributed by atoms with Crippen molar-refractivity contribution >= 4 is 17.3 Å². The van der Waals surface area contributed by atoms with E-state index in [9.17, 15) is 9.90 Å². The Bertz CT molecular complexity index is 758. The second-order valence-electron chi connectivity index (χ2n) is 5.68. The molecule has 0 bridgehead atoms. The second kappa shape index (κ2) is 5.83. The molecule has 1 heterocycles. The van der Waals surface area contributed by atoms with E-state index in [0.717, 1.165) is 12.1 Å². The van der Waals surface area contributed by atoms with Crippen molar-refractivity contribution in [2.75, 3.05) is 24.4 Å². The van der Waals surface area contributed by atoms with Crippen LogP contribution in [0.15, 0.2) is 36.4 Å². The SMILES string of the molecule is CNc1cc(O)c(OC)cc1C(=O)N1c2ccccc2C[C@H]1C. The summed E-state index contributed by atoms with van der Waals surface area (Å²) in [6.07, 6.45) is 0.839. The molecule has 0 fully saturated rings. The lowest BCUT2D eigenvalue weighted by atomic mass is 10.1. The third-order valence-electron chi connectivity index (χ3n) is 4.24. The zero-order valence-corrected chi connectivity index (χ0v) is 13.5. The van der Waals surface area contributed by atoms with Gasteiger partial charge in [-0.2, -0.15) is 0 Å². The molecular weight excluding hydrogens is 292 g/mol. The van der Waals surface area contributed by atoms with E-state index < -0.39 is 0 Å². The highest BCUT2D eigenvalue weighted by molar-refractivity contribution is 6.11. The minimum atomic E-state index is -0.106. The van der Waals surface area contributed by atoms with Crippen LogP contribution >= 0.6 is 0 Å². The van der Waals surface area contributed by atoms with Gasteiger partial charge < -0.3 is 20.1 Å². The Labute approximate surface area is 135 Å². The molecule has 0 saturated carbocycles. The standard InChI is InChI=1S/C18H20N2O3/c1-11-8-12-6-4-5-7-15(12)20(11)18(22)13-9-17(23-3)16(21)10-14(13)19-2/h4-7,9-11,19,21H,8H2,1-3H3/t11-/m1/s1. The summed E-state index contributed by atoms with van der Waals surface area (Å²) in [4.78, 5) is 14.9. The lowest BCUT2D eigenvalue weighted by molar-refractivity contribution is 0.0982. The highest BCUT2D eigenvalue weighted by Gasteiger charge is 2.32. The molecule has 1 atom stereocenters. The lowest BCUT2D eigenvalue weighted by Crippen LogP contribution is -2.36. The van der Waals surface area contributed by atoms with Crippen molar-refractivity contribution in [3.05, 3.63) is 47.5 Å². The fourth-order valence-corrected chi connectivity index (χ4v) is 3.12. The predicted octanol–water partition coefficient (Wildman–Crippen LogP) is 3.03. The molecule has 2 aromatic carbocycles. The Morgan fingerprint density at radius 3 is 2.78 bits per heavy atom. The van der Waals surface area contributed by atoms with Crippen LogP contribution in [0.5, 0.6) is 11.5 Å². The van der Waals surface area contributed by atoms with E-state index in [1.807, 2.05) is 30.0 Å². The first kappa shape index (κ1) is 15.2. The maximum Gasteiger partial charge on any atom is 0.260 e. The molecule has 0 aliphatic carbocycles. The Morgan fingerprint density at radius 2 is 2.09 bits per heavy atom. The fourth-order valence-electron chi connectivity index (χ4n) is 3.12. The number of hydrogen-bond donors (Lipinski definition) is 2. The molecule has 23 heavy (non-hydrogen) atoms. The third-order valence-corrected chi connectivity index (χ3v) is 4.24. The van der Waals surface area contributed by atoms with E-state index in [0.29, 0.717) is 11.3 Å². The quantitative estimate of drug-likeness (QED) is 0.914. The van der Waals surface area contributed by atoms with Crippen LogP contribution in [0.1, 0.15) is 22.8 Å². The number of aromatic hydroxyl groups is 1. The summed E-state index contributed by atoms with van der Waals surface area (Å²) in [5, 5.41) is 12.9. The number of methoxy groups -OCH3 is 1. The van der Waals surface area contributed by atoms with Crippen LogP contribution in [0, 0.1) is 0 Å². The molecule has 0 aromatic heterocycles. The Morgan fingerprint density at radius 1 is 1.35 bits per heavy atom. The molecule has 1 aliphatic rings. The van der Waals surface area contributed by atoms with Crippen molar-refractivity contribution in [3.8, 4) is 11.5 Å². The number of fused-ring (bicyclic) bond motifs is 1. The van der Waals surface area contributed by atoms with Crippen LogP contribution in [0.25, 0.3) is 0 Å². The lowest BCUT2D eigenvalue weighted by Gasteiger charge is -2.24. The van der Waals surface area contributed by atoms with Gasteiger partial charge in [0.05, 0.1) is 18.4 Å². The van der Waals surface area contributed by atoms with E-state index >= 15 is 0 Å². The molecule has 1 aliphatic heterocycles. The highest BCUT2D eigenvalue weighted by atomic mass is 16.5. The topological polar surface area (TPSA) is 61.8 Å². The van der Waals surface area contributed by atoms with Crippen LogP contribution in [0.2, 0.25) is 0 Å². The van der Waals surface area contributed by atoms with Crippen LogP contribution in [0.4, 0.5) is 11.4 Å². The van der Waals surface area contributed by atoms with Crippen molar-refractivity contribution in [1.82, 2.24) is 0 Å². The summed E-state index contributed by atoms with van der Waals surface area (Å²) >= 11 is 0. The molecule has 0 unspecified atom stereocenters. The number of phenols is 1. The average molecular weight is 312 g/mol. The molecule has 120 valence electrons. The summed E-state index contributed by atoms with van der Waals surface area (Å²) in [6, 6.07) is 11.1. The summed E-state index contributed by atoms with van der Waals surface area (Å²) in [6.45, 7) is 2.04. The predicted molar refractivity (Wildman–Crippen MR) is 90.6 cm³/mol. The molecule has 1 amide bonds. The van der Waals surface area contributed by atoms with E-state index in [1.165, 1.54) is 18.7 Å². The molecule has 2 N–H and O–H groups in total. The van der Waals surface area contributed by atoms with Crippen molar-refractivity contribution in [2.45, 2.75) is 19.4 Å². The largest absolute Gasteiger partial charge is 0.504 e. The number of para-hydroxylation sites is 1. The van der Waals surface area contributed by atoms with Gasteiger partial charge in [0.2, 0.25) is 0 Å². The third kappa shape index (κ3) is 2.48. The first-order valence-electron chi connectivity index (χ1n) is 7.57. The molecule has 0 spiro atoms. The minimum Gasteiger partial charge on any atom is -0.504 e. The van der Waals surface area contributed by atoms with E-state index in [-0.39, 0.29) is 23.4 Å². The number of nitrogens with zero attached hydrogens (tertiary/aromatic N) is 1. The normalized spacial score (nSPS) is 16.1. The maximum atomic E-state index is 13.1. The fraction of sp³-hybridized carbons (Fsp3) is 0.278. The van der Waals surface area contributed by atoms with Gasteiger partial charge in [-0.1, -0.05) is 18.2 Å². The minimum absolute atomic E-state index is 0.00303. The highest BCUT2D eigenvalue weighted by Crippen LogP contribution is 2.37. The monoisotopic (exact) mass is 312 g/mol. The van der Waals surface area contributed by atoms with E-state index in [2.05, 4.69) is 11.4 Å². The smallest absolute Gasteiger partial charge is 0.260 e. The van der Waals surface area contributed by atoms with Crippen LogP contribution in [-0.2, 0) is 6.42 Å². The van der Waals surface area contributed by atoms with Gasteiger partial charge in [-0.3, -0.25) is 4.79 Å². The van der Waals surface area contributed by atoms with Gasteiger partial charge in [0.1, 0.15) is 0 Å². The molecule has 5 nitrogen and oxygen atoms in total. The van der Waals surface area contributed by atoms with Gasteiger partial charge in [-0.05, 0) is 31.0 Å². The number of hydrogen-bond acceptors (Lipinski definition) is 4. The summed E-state index contributed by atoms with van der Waals surface area (Å²) < 4.78 is 5.15. The molecule has 0 saturated heterocycles. The van der Waals surface area contributed by atoms with Crippen molar-refractivity contribution in [2.24, 2.45) is 0 Å². The second-order valence-corrected chi connectivity index (χ2v) is 5.68. The number of ether oxygens (including phenoxy) is 1. The number of phenolic OH excluding ortho intramolecular Hbond substituents is 1. The number of benzene rings is 2. The molecule has 0 radical (unpaired) electrons. The molecular formula is C18H20N2O3. The van der Waals surface area contributed by atoms with Gasteiger partial charge in [-0.25, -0.2) is 0 Å². The number of carbonyl (C=O) groups is 1. The van der Waals surface area contributed by atoms with E-state index in [4.69, 9.17) is 4.74 Å². The molecule has 2 aromatic rings. The maximum absolute atomic E-state index is 13.1. The zero-order chi connectivity index (χ0) is 16.6. The van der Waals surface area contributed by atoms with Gasteiger partial charge >= 0.3 is 0 Å². The van der Waals surface area contributed by atoms with Gasteiger partial charge in [0.15, 0.2) is 11.5 Å². The van der Waals surface area contributed by atoms with Gasteiger partial charge in [0, 0.05) is 24.8 Å². The number of rotatable bonds is 3. The van der Waals surface area contributed by atoms with Crippen molar-refractivity contribution < 1.29 is 14.6 Å². The Hall–Kier alpha value is -2.69. The number of nitrogens with one attached hydrogen (secondary N) is 1. The number of carbonyl (C=O) groups excluding carboxylic acids is 1. The van der Waals surface area contributed by atoms with Gasteiger partial charge in [0.25, 0.3) is 5.91 Å². The van der Waals surface area contributed by atoms with Crippen molar-refractivity contribution in [1.29, 1.82) is 0 Å². The summed E-state index contributed by atoms with van der Waals surface area (Å²) in [5.41, 5.74) is 3.17. The first-order chi connectivity index (χ1) is 11.1. The van der Waals surface area contributed by atoms with Crippen LogP contribution in [-0.4, -0.2) is 31.2 Å². The van der Waals surface area contributed by atoms with E-state index in [1.54, 1.807) is 13.1 Å². The number of anilines is 2. The zero-order valence-electron chi connectivity index (χ0n) is 13.5. The summed E-state index contributed by atoms with van der Waals surface area (Å²) in [5.74, 6) is 0.181. The Kier molecular flexibility index (Phi) is 3.86. The van der Waals surface area contributed by atoms with Crippen molar-refractivity contribution in [3.63, 3.8) is 0 Å². The average Bonchev–Trinajstić information content (AvgIpc) is 2.89. The van der Waals surface area contributed by atoms with Crippen LogP contribution < -0.4 is 15.0 Å². The molecule has 5 heteroatoms. The Balaban J connectivity index is 2.07. The molecule has 3 rings (SSSR count). The first-order valence-corrected chi connectivity index (χ1v) is 7.57. The summed E-state index contributed by atoms with van der Waals surface area (Å²) in [7, 11) is 3.19. The van der Waals surface area contributed by atoms with Gasteiger partial charge in [-0.15, -0.1) is 0 Å². The number of amides is 1. The van der Waals surface area contributed by atoms with Crippen LogP contribution in [0.3, 0.4) is 0 Å².